The third-order valence-electron chi connectivity index (χ3n) is 3.49. The molecule has 0 aliphatic heterocycles. The first kappa shape index (κ1) is 19.0. The molecule has 0 aliphatic carbocycles. The molecule has 26 heavy (non-hydrogen) atoms. The molecular formula is C18H16F2N2O4. The second kappa shape index (κ2) is 8.19. The molecule has 0 atom stereocenters. The van der Waals surface area contributed by atoms with Gasteiger partial charge in [-0.05, 0) is 24.3 Å². The van der Waals surface area contributed by atoms with Crippen molar-refractivity contribution in [1.29, 1.82) is 0 Å². The lowest BCUT2D eigenvalue weighted by molar-refractivity contribution is -0.120. The molecule has 0 fully saturated rings. The van der Waals surface area contributed by atoms with E-state index >= 15 is 0 Å². The van der Waals surface area contributed by atoms with E-state index in [2.05, 4.69) is 10.1 Å². The van der Waals surface area contributed by atoms with Crippen molar-refractivity contribution >= 4 is 29.2 Å². The first-order valence-electron chi connectivity index (χ1n) is 7.54. The number of nitrogens with zero attached hydrogens (tertiary/aromatic N) is 1. The maximum atomic E-state index is 13.6. The number of ether oxygens (including phenoxy) is 1. The molecule has 0 saturated carbocycles. The molecule has 0 saturated heterocycles. The van der Waals surface area contributed by atoms with Crippen molar-refractivity contribution in [2.45, 2.75) is 6.92 Å². The van der Waals surface area contributed by atoms with E-state index in [1.807, 2.05) is 0 Å². The van der Waals surface area contributed by atoms with E-state index in [-0.39, 0.29) is 16.9 Å². The molecule has 6 nitrogen and oxygen atoms in total. The van der Waals surface area contributed by atoms with Crippen molar-refractivity contribution in [1.82, 2.24) is 0 Å². The molecule has 1 N–H and O–H groups in total. The molecule has 2 aromatic rings. The highest BCUT2D eigenvalue weighted by atomic mass is 19.1. The van der Waals surface area contributed by atoms with E-state index in [1.54, 1.807) is 12.1 Å². The number of methoxy groups -OCH3 is 1. The fourth-order valence-electron chi connectivity index (χ4n) is 2.28. The van der Waals surface area contributed by atoms with Crippen molar-refractivity contribution in [3.05, 3.63) is 59.7 Å². The van der Waals surface area contributed by atoms with Crippen LogP contribution in [0.5, 0.6) is 0 Å². The summed E-state index contributed by atoms with van der Waals surface area (Å²) in [6, 6.07) is 8.81. The molecule has 2 rings (SSSR count). The highest BCUT2D eigenvalue weighted by molar-refractivity contribution is 6.06. The van der Waals surface area contributed by atoms with Crippen molar-refractivity contribution in [3.8, 4) is 0 Å². The Hall–Kier alpha value is -3.29. The van der Waals surface area contributed by atoms with E-state index in [9.17, 15) is 23.2 Å². The molecule has 0 aromatic heterocycles. The van der Waals surface area contributed by atoms with Crippen LogP contribution in [0.4, 0.5) is 20.2 Å². The summed E-state index contributed by atoms with van der Waals surface area (Å²) in [5.74, 6) is -3.61. The van der Waals surface area contributed by atoms with E-state index in [4.69, 9.17) is 0 Å². The van der Waals surface area contributed by atoms with Gasteiger partial charge in [0.15, 0.2) is 0 Å². The standard InChI is InChI=1S/C18H16F2N2O4/c1-11(23)22(16-6-4-3-5-13(16)18(25)26-2)10-17(24)21-15-8-7-12(19)9-14(15)20/h3-9H,10H2,1-2H3,(H,21,24). The van der Waals surface area contributed by atoms with E-state index < -0.39 is 36.0 Å². The summed E-state index contributed by atoms with van der Waals surface area (Å²) in [7, 11) is 1.20. The highest BCUT2D eigenvalue weighted by Crippen LogP contribution is 2.22. The highest BCUT2D eigenvalue weighted by Gasteiger charge is 2.22. The summed E-state index contributed by atoms with van der Waals surface area (Å²) in [5.41, 5.74) is 0.0636. The number of para-hydroxylation sites is 1. The van der Waals surface area contributed by atoms with Crippen molar-refractivity contribution in [2.24, 2.45) is 0 Å². The summed E-state index contributed by atoms with van der Waals surface area (Å²) >= 11 is 0. The van der Waals surface area contributed by atoms with Gasteiger partial charge in [-0.2, -0.15) is 0 Å². The Morgan fingerprint density at radius 3 is 2.42 bits per heavy atom. The third-order valence-corrected chi connectivity index (χ3v) is 3.49. The number of nitrogens with one attached hydrogen (secondary N) is 1. The minimum Gasteiger partial charge on any atom is -0.465 e. The lowest BCUT2D eigenvalue weighted by Gasteiger charge is -2.22. The van der Waals surface area contributed by atoms with Crippen LogP contribution in [-0.4, -0.2) is 31.4 Å². The van der Waals surface area contributed by atoms with Gasteiger partial charge in [-0.25, -0.2) is 13.6 Å². The number of carbonyl (C=O) groups excluding carboxylic acids is 3. The van der Waals surface area contributed by atoms with Crippen LogP contribution < -0.4 is 10.2 Å². The topological polar surface area (TPSA) is 75.7 Å². The summed E-state index contributed by atoms with van der Waals surface area (Å²) < 4.78 is 31.2. The average molecular weight is 362 g/mol. The predicted octanol–water partition coefficient (Wildman–Crippen LogP) is 2.74. The molecule has 8 heteroatoms. The first-order chi connectivity index (χ1) is 12.3. The van der Waals surface area contributed by atoms with Gasteiger partial charge in [0.25, 0.3) is 0 Å². The zero-order valence-corrected chi connectivity index (χ0v) is 14.1. The van der Waals surface area contributed by atoms with Gasteiger partial charge < -0.3 is 15.0 Å². The minimum absolute atomic E-state index is 0.103. The van der Waals surface area contributed by atoms with Gasteiger partial charge >= 0.3 is 5.97 Å². The van der Waals surface area contributed by atoms with Gasteiger partial charge in [0.2, 0.25) is 11.8 Å². The maximum absolute atomic E-state index is 13.6. The zero-order valence-electron chi connectivity index (χ0n) is 14.1. The van der Waals surface area contributed by atoms with E-state index in [1.165, 1.54) is 26.2 Å². The summed E-state index contributed by atoms with van der Waals surface area (Å²) in [6.07, 6.45) is 0. The average Bonchev–Trinajstić information content (AvgIpc) is 2.61. The predicted molar refractivity (Wildman–Crippen MR) is 90.8 cm³/mol. The van der Waals surface area contributed by atoms with Crippen molar-refractivity contribution < 1.29 is 27.9 Å². The Morgan fingerprint density at radius 1 is 1.12 bits per heavy atom. The van der Waals surface area contributed by atoms with Crippen molar-refractivity contribution in [3.63, 3.8) is 0 Å². The fraction of sp³-hybridized carbons (Fsp3) is 0.167. The maximum Gasteiger partial charge on any atom is 0.339 e. The van der Waals surface area contributed by atoms with E-state index in [0.717, 1.165) is 17.0 Å². The second-order valence-corrected chi connectivity index (χ2v) is 5.29. The van der Waals surface area contributed by atoms with Crippen LogP contribution in [0.15, 0.2) is 42.5 Å². The monoisotopic (exact) mass is 362 g/mol. The number of carbonyl (C=O) groups is 3. The van der Waals surface area contributed by atoms with Crippen molar-refractivity contribution in [2.75, 3.05) is 23.9 Å². The zero-order chi connectivity index (χ0) is 19.3. The van der Waals surface area contributed by atoms with Crippen LogP contribution in [-0.2, 0) is 14.3 Å². The number of esters is 1. The van der Waals surface area contributed by atoms with Crippen LogP contribution >= 0.6 is 0 Å². The van der Waals surface area contributed by atoms with Crippen LogP contribution in [0.25, 0.3) is 0 Å². The van der Waals surface area contributed by atoms with Crippen LogP contribution in [0.3, 0.4) is 0 Å². The second-order valence-electron chi connectivity index (χ2n) is 5.29. The number of amides is 2. The van der Waals surface area contributed by atoms with Gasteiger partial charge in [-0.1, -0.05) is 12.1 Å². The number of halogens is 2. The Kier molecular flexibility index (Phi) is 6.00. The lowest BCUT2D eigenvalue weighted by Crippen LogP contribution is -2.37. The summed E-state index contributed by atoms with van der Waals surface area (Å²) in [4.78, 5) is 37.1. The van der Waals surface area contributed by atoms with Gasteiger partial charge in [-0.15, -0.1) is 0 Å². The Balaban J connectivity index is 2.25. The lowest BCUT2D eigenvalue weighted by atomic mass is 10.1. The van der Waals surface area contributed by atoms with Crippen LogP contribution in [0.2, 0.25) is 0 Å². The number of rotatable bonds is 5. The quantitative estimate of drug-likeness (QED) is 0.830. The largest absolute Gasteiger partial charge is 0.465 e. The number of hydrogen-bond acceptors (Lipinski definition) is 4. The Labute approximate surface area is 148 Å². The van der Waals surface area contributed by atoms with Crippen LogP contribution in [0, 0.1) is 11.6 Å². The number of hydrogen-bond donors (Lipinski definition) is 1. The third kappa shape index (κ3) is 4.41. The van der Waals surface area contributed by atoms with Gasteiger partial charge in [0, 0.05) is 13.0 Å². The van der Waals surface area contributed by atoms with Gasteiger partial charge in [-0.3, -0.25) is 9.59 Å². The summed E-state index contributed by atoms with van der Waals surface area (Å²) in [6.45, 7) is 0.750. The fourth-order valence-corrected chi connectivity index (χ4v) is 2.28. The Morgan fingerprint density at radius 2 is 1.81 bits per heavy atom. The van der Waals surface area contributed by atoms with Gasteiger partial charge in [0.1, 0.15) is 18.2 Å². The number of anilines is 2. The molecule has 0 radical (unpaired) electrons. The molecule has 136 valence electrons. The van der Waals surface area contributed by atoms with E-state index in [0.29, 0.717) is 6.07 Å². The summed E-state index contributed by atoms with van der Waals surface area (Å²) in [5, 5.41) is 2.26. The molecule has 0 unspecified atom stereocenters. The minimum atomic E-state index is -0.942. The first-order valence-corrected chi connectivity index (χ1v) is 7.54. The molecular weight excluding hydrogens is 346 g/mol. The van der Waals surface area contributed by atoms with Crippen LogP contribution in [0.1, 0.15) is 17.3 Å². The molecule has 0 bridgehead atoms. The molecule has 0 aliphatic rings. The molecule has 2 aromatic carbocycles. The molecule has 2 amide bonds. The molecule has 0 heterocycles. The SMILES string of the molecule is COC(=O)c1ccccc1N(CC(=O)Nc1ccc(F)cc1F)C(C)=O. The smallest absolute Gasteiger partial charge is 0.339 e. The Bertz CT molecular complexity index is 855. The number of benzene rings is 2. The van der Waals surface area contributed by atoms with Gasteiger partial charge in [0.05, 0.1) is 24.0 Å². The molecule has 0 spiro atoms. The normalized spacial score (nSPS) is 10.2.